The van der Waals surface area contributed by atoms with Gasteiger partial charge in [0.25, 0.3) is 5.56 Å². The second-order valence-corrected chi connectivity index (χ2v) is 4.34. The van der Waals surface area contributed by atoms with E-state index in [-0.39, 0.29) is 11.5 Å². The molecule has 6 heteroatoms. The Balaban J connectivity index is 2.13. The number of aryl methyl sites for hydroxylation is 1. The van der Waals surface area contributed by atoms with Crippen LogP contribution in [0.15, 0.2) is 10.9 Å². The van der Waals surface area contributed by atoms with Crippen molar-refractivity contribution in [2.75, 3.05) is 13.1 Å². The summed E-state index contributed by atoms with van der Waals surface area (Å²) in [6, 6.07) is 1.79. The van der Waals surface area contributed by atoms with Gasteiger partial charge in [0.15, 0.2) is 0 Å². The number of likely N-dealkylation sites (tertiary alicyclic amines) is 1. The van der Waals surface area contributed by atoms with Crippen LogP contribution < -0.4 is 5.56 Å². The van der Waals surface area contributed by atoms with E-state index in [1.165, 1.54) is 4.90 Å². The first-order chi connectivity index (χ1) is 8.08. The van der Waals surface area contributed by atoms with Crippen molar-refractivity contribution in [3.63, 3.8) is 0 Å². The normalized spacial score (nSPS) is 17.1. The lowest BCUT2D eigenvalue weighted by atomic mass is 9.90. The first-order valence-corrected chi connectivity index (χ1v) is 5.62. The maximum atomic E-state index is 11.6. The van der Waals surface area contributed by atoms with Crippen LogP contribution in [0.5, 0.6) is 0 Å². The second kappa shape index (κ2) is 4.57. The largest absolute Gasteiger partial charge is 0.465 e. The molecule has 0 unspecified atom stereocenters. The quantitative estimate of drug-likeness (QED) is 0.761. The van der Waals surface area contributed by atoms with Crippen LogP contribution in [0.3, 0.4) is 0 Å². The van der Waals surface area contributed by atoms with E-state index in [2.05, 4.69) is 10.2 Å². The highest BCUT2D eigenvalue weighted by Gasteiger charge is 2.25. The van der Waals surface area contributed by atoms with Crippen LogP contribution in [0.25, 0.3) is 0 Å². The molecule has 0 atom stereocenters. The van der Waals surface area contributed by atoms with Crippen molar-refractivity contribution in [2.24, 2.45) is 0 Å². The molecule has 0 saturated carbocycles. The molecule has 1 aromatic heterocycles. The van der Waals surface area contributed by atoms with Crippen LogP contribution in [-0.4, -0.2) is 39.4 Å². The third-order valence-electron chi connectivity index (χ3n) is 3.17. The smallest absolute Gasteiger partial charge is 0.407 e. The van der Waals surface area contributed by atoms with Crippen LogP contribution >= 0.6 is 0 Å². The van der Waals surface area contributed by atoms with Gasteiger partial charge in [-0.1, -0.05) is 0 Å². The highest BCUT2D eigenvalue weighted by atomic mass is 16.4. The van der Waals surface area contributed by atoms with E-state index in [4.69, 9.17) is 5.11 Å². The summed E-state index contributed by atoms with van der Waals surface area (Å²) in [5, 5.41) is 15.1. The fraction of sp³-hybridized carbons (Fsp3) is 0.545. The van der Waals surface area contributed by atoms with Gasteiger partial charge in [-0.3, -0.25) is 4.79 Å². The number of carboxylic acid groups (broad SMARTS) is 1. The zero-order valence-electron chi connectivity index (χ0n) is 9.64. The van der Waals surface area contributed by atoms with Crippen molar-refractivity contribution in [3.05, 3.63) is 27.7 Å². The Morgan fingerprint density at radius 1 is 1.53 bits per heavy atom. The van der Waals surface area contributed by atoms with Gasteiger partial charge in [0.1, 0.15) is 0 Å². The minimum Gasteiger partial charge on any atom is -0.465 e. The summed E-state index contributed by atoms with van der Waals surface area (Å²) < 4.78 is 0. The molecule has 1 aliphatic heterocycles. The number of hydrogen-bond donors (Lipinski definition) is 2. The maximum absolute atomic E-state index is 11.6. The highest BCUT2D eigenvalue weighted by molar-refractivity contribution is 5.65. The summed E-state index contributed by atoms with van der Waals surface area (Å²) in [5.74, 6) is 0.135. The van der Waals surface area contributed by atoms with Crippen LogP contribution in [0.4, 0.5) is 4.79 Å². The number of rotatable bonds is 1. The summed E-state index contributed by atoms with van der Waals surface area (Å²) in [6.07, 6.45) is 0.501. The van der Waals surface area contributed by atoms with Crippen LogP contribution in [0.1, 0.15) is 30.0 Å². The highest BCUT2D eigenvalue weighted by Crippen LogP contribution is 2.25. The zero-order valence-corrected chi connectivity index (χ0v) is 9.64. The van der Waals surface area contributed by atoms with Gasteiger partial charge in [-0.05, 0) is 31.7 Å². The third kappa shape index (κ3) is 2.46. The SMILES string of the molecule is Cc1cc(C2CCN(C(=O)O)CC2)c(=O)[nH]n1. The summed E-state index contributed by atoms with van der Waals surface area (Å²) >= 11 is 0. The Morgan fingerprint density at radius 3 is 2.76 bits per heavy atom. The van der Waals surface area contributed by atoms with Crippen LogP contribution in [-0.2, 0) is 0 Å². The fourth-order valence-corrected chi connectivity index (χ4v) is 2.21. The molecule has 92 valence electrons. The Bertz CT molecular complexity index is 475. The molecule has 0 bridgehead atoms. The summed E-state index contributed by atoms with van der Waals surface area (Å²) in [5.41, 5.74) is 1.34. The molecule has 1 fully saturated rings. The topological polar surface area (TPSA) is 86.3 Å². The number of aromatic nitrogens is 2. The predicted molar refractivity (Wildman–Crippen MR) is 61.2 cm³/mol. The van der Waals surface area contributed by atoms with Gasteiger partial charge in [0, 0.05) is 18.7 Å². The molecule has 0 aromatic carbocycles. The van der Waals surface area contributed by atoms with E-state index >= 15 is 0 Å². The summed E-state index contributed by atoms with van der Waals surface area (Å²) in [4.78, 5) is 23.8. The number of hydrogen-bond acceptors (Lipinski definition) is 3. The first kappa shape index (κ1) is 11.6. The second-order valence-electron chi connectivity index (χ2n) is 4.34. The number of nitrogens with zero attached hydrogens (tertiary/aromatic N) is 2. The lowest BCUT2D eigenvalue weighted by molar-refractivity contribution is 0.132. The Labute approximate surface area is 98.3 Å². The average molecular weight is 237 g/mol. The monoisotopic (exact) mass is 237 g/mol. The Morgan fingerprint density at radius 2 is 2.18 bits per heavy atom. The van der Waals surface area contributed by atoms with Crippen LogP contribution in [0.2, 0.25) is 0 Å². The number of piperidine rings is 1. The van der Waals surface area contributed by atoms with E-state index in [1.54, 1.807) is 6.07 Å². The number of H-pyrrole nitrogens is 1. The minimum atomic E-state index is -0.886. The Hall–Kier alpha value is -1.85. The van der Waals surface area contributed by atoms with E-state index in [1.807, 2.05) is 6.92 Å². The number of carbonyl (C=O) groups is 1. The first-order valence-electron chi connectivity index (χ1n) is 5.62. The summed E-state index contributed by atoms with van der Waals surface area (Å²) in [7, 11) is 0. The van der Waals surface area contributed by atoms with Gasteiger partial charge in [-0.25, -0.2) is 9.89 Å². The maximum Gasteiger partial charge on any atom is 0.407 e. The van der Waals surface area contributed by atoms with Crippen LogP contribution in [0, 0.1) is 6.92 Å². The fourth-order valence-electron chi connectivity index (χ4n) is 2.21. The molecule has 1 saturated heterocycles. The van der Waals surface area contributed by atoms with Gasteiger partial charge < -0.3 is 10.0 Å². The average Bonchev–Trinajstić information content (AvgIpc) is 2.32. The summed E-state index contributed by atoms with van der Waals surface area (Å²) in [6.45, 7) is 2.80. The van der Waals surface area contributed by atoms with Crippen molar-refractivity contribution in [1.29, 1.82) is 0 Å². The van der Waals surface area contributed by atoms with E-state index in [0.717, 1.165) is 11.3 Å². The van der Waals surface area contributed by atoms with Crippen molar-refractivity contribution in [2.45, 2.75) is 25.7 Å². The van der Waals surface area contributed by atoms with E-state index < -0.39 is 6.09 Å². The molecule has 0 radical (unpaired) electrons. The van der Waals surface area contributed by atoms with Crippen molar-refractivity contribution in [3.8, 4) is 0 Å². The van der Waals surface area contributed by atoms with Crippen molar-refractivity contribution in [1.82, 2.24) is 15.1 Å². The van der Waals surface area contributed by atoms with Crippen molar-refractivity contribution < 1.29 is 9.90 Å². The molecule has 1 aromatic rings. The Kier molecular flexibility index (Phi) is 3.12. The standard InChI is InChI=1S/C11H15N3O3/c1-7-6-9(10(15)13-12-7)8-2-4-14(5-3-8)11(16)17/h6,8H,2-5H2,1H3,(H,13,15)(H,16,17). The molecule has 2 rings (SSSR count). The molecule has 17 heavy (non-hydrogen) atoms. The van der Waals surface area contributed by atoms with Gasteiger partial charge in [-0.2, -0.15) is 5.10 Å². The molecule has 0 aliphatic carbocycles. The predicted octanol–water partition coefficient (Wildman–Crippen LogP) is 0.936. The zero-order chi connectivity index (χ0) is 12.4. The molecular formula is C11H15N3O3. The number of amides is 1. The molecule has 1 amide bonds. The van der Waals surface area contributed by atoms with Crippen molar-refractivity contribution >= 4 is 6.09 Å². The minimum absolute atomic E-state index is 0.135. The molecule has 6 nitrogen and oxygen atoms in total. The van der Waals surface area contributed by atoms with Gasteiger partial charge in [0.05, 0.1) is 5.69 Å². The number of nitrogens with one attached hydrogen (secondary N) is 1. The van der Waals surface area contributed by atoms with Gasteiger partial charge in [0.2, 0.25) is 0 Å². The van der Waals surface area contributed by atoms with E-state index in [9.17, 15) is 9.59 Å². The van der Waals surface area contributed by atoms with Gasteiger partial charge in [-0.15, -0.1) is 0 Å². The molecule has 2 N–H and O–H groups in total. The molecule has 1 aliphatic rings. The molecule has 0 spiro atoms. The third-order valence-corrected chi connectivity index (χ3v) is 3.17. The number of aromatic amines is 1. The molecular weight excluding hydrogens is 222 g/mol. The molecule has 2 heterocycles. The van der Waals surface area contributed by atoms with E-state index in [0.29, 0.717) is 25.9 Å². The lowest BCUT2D eigenvalue weighted by Gasteiger charge is -2.29. The lowest BCUT2D eigenvalue weighted by Crippen LogP contribution is -2.37. The van der Waals surface area contributed by atoms with Gasteiger partial charge >= 0.3 is 6.09 Å².